The number of nitrogens with zero attached hydrogens (tertiary/aromatic N) is 2. The first kappa shape index (κ1) is 9.73. The zero-order chi connectivity index (χ0) is 9.68. The summed E-state index contributed by atoms with van der Waals surface area (Å²) >= 11 is 0. The number of carbonyl (C=O) groups is 1. The number of nitrogens with one attached hydrogen (secondary N) is 1. The molecular formula is C8H13N3O2. The molecule has 0 fully saturated rings. The number of aryl methyl sites for hydroxylation is 1. The smallest absolute Gasteiger partial charge is 0.271 e. The molecule has 1 rings (SSSR count). The van der Waals surface area contributed by atoms with Crippen LogP contribution in [0.3, 0.4) is 0 Å². The number of hydrogen-bond acceptors (Lipinski definition) is 3. The predicted molar refractivity (Wildman–Crippen MR) is 47.2 cm³/mol. The van der Waals surface area contributed by atoms with Gasteiger partial charge in [-0.25, -0.2) is 0 Å². The highest BCUT2D eigenvalue weighted by molar-refractivity contribution is 5.92. The minimum atomic E-state index is -0.166. The zero-order valence-corrected chi connectivity index (χ0v) is 7.78. The lowest BCUT2D eigenvalue weighted by Crippen LogP contribution is -2.27. The summed E-state index contributed by atoms with van der Waals surface area (Å²) in [7, 11) is 1.53. The standard InChI is InChI=1S/C8H13N3O2/c1-3-11-7(4-5-10-11)8(12)9-6-13-2/h4-5H,3,6H2,1-2H3,(H,9,12). The van der Waals surface area contributed by atoms with Crippen molar-refractivity contribution < 1.29 is 9.53 Å². The minimum Gasteiger partial charge on any atom is -0.364 e. The van der Waals surface area contributed by atoms with E-state index in [2.05, 4.69) is 10.4 Å². The number of amides is 1. The molecule has 72 valence electrons. The van der Waals surface area contributed by atoms with Gasteiger partial charge >= 0.3 is 0 Å². The van der Waals surface area contributed by atoms with Gasteiger partial charge in [0.15, 0.2) is 0 Å². The van der Waals surface area contributed by atoms with Crippen molar-refractivity contribution in [3.63, 3.8) is 0 Å². The Labute approximate surface area is 76.7 Å². The Morgan fingerprint density at radius 1 is 1.77 bits per heavy atom. The van der Waals surface area contributed by atoms with E-state index in [1.807, 2.05) is 6.92 Å². The molecular weight excluding hydrogens is 170 g/mol. The summed E-state index contributed by atoms with van der Waals surface area (Å²) < 4.78 is 6.35. The molecule has 0 aliphatic heterocycles. The maximum absolute atomic E-state index is 11.4. The van der Waals surface area contributed by atoms with Gasteiger partial charge in [0.1, 0.15) is 12.4 Å². The lowest BCUT2D eigenvalue weighted by molar-refractivity contribution is 0.0861. The van der Waals surface area contributed by atoms with Crippen LogP contribution in [-0.4, -0.2) is 29.5 Å². The molecule has 0 unspecified atom stereocenters. The van der Waals surface area contributed by atoms with Gasteiger partial charge in [0.2, 0.25) is 0 Å². The highest BCUT2D eigenvalue weighted by Crippen LogP contribution is 1.97. The molecule has 0 saturated carbocycles. The second-order valence-corrected chi connectivity index (χ2v) is 2.47. The van der Waals surface area contributed by atoms with Gasteiger partial charge < -0.3 is 10.1 Å². The molecule has 0 atom stereocenters. The van der Waals surface area contributed by atoms with Crippen molar-refractivity contribution >= 4 is 5.91 Å². The molecule has 13 heavy (non-hydrogen) atoms. The van der Waals surface area contributed by atoms with Gasteiger partial charge in [-0.2, -0.15) is 5.10 Å². The summed E-state index contributed by atoms with van der Waals surface area (Å²) in [6.07, 6.45) is 1.60. The first-order valence-electron chi connectivity index (χ1n) is 4.08. The Morgan fingerprint density at radius 2 is 2.54 bits per heavy atom. The second-order valence-electron chi connectivity index (χ2n) is 2.47. The van der Waals surface area contributed by atoms with Crippen LogP contribution >= 0.6 is 0 Å². The third kappa shape index (κ3) is 2.29. The topological polar surface area (TPSA) is 56.2 Å². The van der Waals surface area contributed by atoms with Crippen molar-refractivity contribution in [1.82, 2.24) is 15.1 Å². The van der Waals surface area contributed by atoms with Gasteiger partial charge in [-0.1, -0.05) is 0 Å². The zero-order valence-electron chi connectivity index (χ0n) is 7.78. The van der Waals surface area contributed by atoms with Crippen molar-refractivity contribution in [2.45, 2.75) is 13.5 Å². The van der Waals surface area contributed by atoms with Crippen LogP contribution in [0.1, 0.15) is 17.4 Å². The molecule has 0 aliphatic carbocycles. The van der Waals surface area contributed by atoms with E-state index in [0.29, 0.717) is 12.2 Å². The van der Waals surface area contributed by atoms with Crippen LogP contribution in [0.2, 0.25) is 0 Å². The van der Waals surface area contributed by atoms with Gasteiger partial charge in [0.05, 0.1) is 0 Å². The lowest BCUT2D eigenvalue weighted by atomic mass is 10.4. The fraction of sp³-hybridized carbons (Fsp3) is 0.500. The summed E-state index contributed by atoms with van der Waals surface area (Å²) in [6, 6.07) is 1.68. The van der Waals surface area contributed by atoms with Crippen LogP contribution in [0.15, 0.2) is 12.3 Å². The van der Waals surface area contributed by atoms with E-state index in [9.17, 15) is 4.79 Å². The molecule has 5 nitrogen and oxygen atoms in total. The van der Waals surface area contributed by atoms with E-state index in [1.165, 1.54) is 7.11 Å². The molecule has 0 bridgehead atoms. The summed E-state index contributed by atoms with van der Waals surface area (Å²) in [5.74, 6) is -0.166. The SMILES string of the molecule is CCn1nccc1C(=O)NCOC. The number of hydrogen-bond donors (Lipinski definition) is 1. The first-order valence-corrected chi connectivity index (χ1v) is 4.08. The van der Waals surface area contributed by atoms with Crippen molar-refractivity contribution in [2.75, 3.05) is 13.8 Å². The predicted octanol–water partition coefficient (Wildman–Crippen LogP) is 0.237. The molecule has 1 heterocycles. The van der Waals surface area contributed by atoms with Gasteiger partial charge in [0, 0.05) is 19.9 Å². The van der Waals surface area contributed by atoms with Gasteiger partial charge in [-0.3, -0.25) is 9.48 Å². The highest BCUT2D eigenvalue weighted by atomic mass is 16.5. The summed E-state index contributed by atoms with van der Waals surface area (Å²) in [5.41, 5.74) is 0.555. The van der Waals surface area contributed by atoms with E-state index < -0.39 is 0 Å². The largest absolute Gasteiger partial charge is 0.364 e. The van der Waals surface area contributed by atoms with E-state index in [-0.39, 0.29) is 12.6 Å². The van der Waals surface area contributed by atoms with Crippen molar-refractivity contribution in [3.8, 4) is 0 Å². The molecule has 0 saturated heterocycles. The average molecular weight is 183 g/mol. The maximum atomic E-state index is 11.4. The Kier molecular flexibility index (Phi) is 3.45. The lowest BCUT2D eigenvalue weighted by Gasteiger charge is -2.04. The fourth-order valence-electron chi connectivity index (χ4n) is 1.01. The molecule has 1 aromatic heterocycles. The van der Waals surface area contributed by atoms with E-state index in [1.54, 1.807) is 16.9 Å². The van der Waals surface area contributed by atoms with Crippen LogP contribution in [0.5, 0.6) is 0 Å². The van der Waals surface area contributed by atoms with Crippen LogP contribution in [0, 0.1) is 0 Å². The van der Waals surface area contributed by atoms with Gasteiger partial charge in [-0.15, -0.1) is 0 Å². The molecule has 0 radical (unpaired) electrons. The number of methoxy groups -OCH3 is 1. The summed E-state index contributed by atoms with van der Waals surface area (Å²) in [6.45, 7) is 2.83. The van der Waals surface area contributed by atoms with E-state index in [4.69, 9.17) is 4.74 Å². The molecule has 1 amide bonds. The van der Waals surface area contributed by atoms with E-state index in [0.717, 1.165) is 0 Å². The number of aromatic nitrogens is 2. The van der Waals surface area contributed by atoms with Crippen LogP contribution in [0.25, 0.3) is 0 Å². The van der Waals surface area contributed by atoms with E-state index >= 15 is 0 Å². The van der Waals surface area contributed by atoms with Crippen LogP contribution < -0.4 is 5.32 Å². The number of ether oxygens (including phenoxy) is 1. The Bertz CT molecular complexity index is 283. The normalized spacial score (nSPS) is 10.0. The van der Waals surface area contributed by atoms with Crippen molar-refractivity contribution in [2.24, 2.45) is 0 Å². The monoisotopic (exact) mass is 183 g/mol. The molecule has 1 N–H and O–H groups in total. The second kappa shape index (κ2) is 4.61. The third-order valence-corrected chi connectivity index (χ3v) is 1.63. The Hall–Kier alpha value is -1.36. The quantitative estimate of drug-likeness (QED) is 0.680. The average Bonchev–Trinajstić information content (AvgIpc) is 2.61. The van der Waals surface area contributed by atoms with Gasteiger partial charge in [-0.05, 0) is 13.0 Å². The maximum Gasteiger partial charge on any atom is 0.271 e. The van der Waals surface area contributed by atoms with Crippen LogP contribution in [-0.2, 0) is 11.3 Å². The summed E-state index contributed by atoms with van der Waals surface area (Å²) in [5, 5.41) is 6.57. The van der Waals surface area contributed by atoms with Gasteiger partial charge in [0.25, 0.3) is 5.91 Å². The summed E-state index contributed by atoms with van der Waals surface area (Å²) in [4.78, 5) is 11.4. The Morgan fingerprint density at radius 3 is 3.15 bits per heavy atom. The minimum absolute atomic E-state index is 0.166. The molecule has 0 aromatic carbocycles. The fourth-order valence-corrected chi connectivity index (χ4v) is 1.01. The Balaban J connectivity index is 2.65. The van der Waals surface area contributed by atoms with Crippen molar-refractivity contribution in [1.29, 1.82) is 0 Å². The van der Waals surface area contributed by atoms with Crippen LogP contribution in [0.4, 0.5) is 0 Å². The molecule has 0 aliphatic rings. The highest BCUT2D eigenvalue weighted by Gasteiger charge is 2.09. The molecule has 5 heteroatoms. The third-order valence-electron chi connectivity index (χ3n) is 1.63. The number of rotatable bonds is 4. The number of carbonyl (C=O) groups excluding carboxylic acids is 1. The first-order chi connectivity index (χ1) is 6.29. The molecule has 0 spiro atoms. The molecule has 1 aromatic rings. The van der Waals surface area contributed by atoms with Crippen molar-refractivity contribution in [3.05, 3.63) is 18.0 Å².